The molecule has 17 heteroatoms. The summed E-state index contributed by atoms with van der Waals surface area (Å²) in [5.41, 5.74) is 17.5. The van der Waals surface area contributed by atoms with E-state index in [2.05, 4.69) is 4.98 Å². The number of ether oxygens (including phenoxy) is 1. The molecule has 0 saturated carbocycles. The van der Waals surface area contributed by atoms with Crippen molar-refractivity contribution in [2.45, 2.75) is 48.8 Å². The molecule has 0 saturated heterocycles. The number of imidazole rings is 1. The number of esters is 1. The predicted octanol–water partition coefficient (Wildman–Crippen LogP) is 0.817. The molecule has 3 aliphatic rings. The van der Waals surface area contributed by atoms with E-state index >= 15 is 0 Å². The van der Waals surface area contributed by atoms with Crippen molar-refractivity contribution < 1.29 is 33.1 Å². The second-order valence-electron chi connectivity index (χ2n) is 11.4. The van der Waals surface area contributed by atoms with Gasteiger partial charge in [0.25, 0.3) is 0 Å². The number of rotatable bonds is 12. The Kier molecular flexibility index (Phi) is 9.61. The van der Waals surface area contributed by atoms with Crippen molar-refractivity contribution in [2.24, 2.45) is 17.2 Å². The van der Waals surface area contributed by atoms with E-state index in [1.165, 1.54) is 54.9 Å². The molecule has 1 aromatic carbocycles. The topological polar surface area (TPSA) is 201 Å². The molecule has 6 N–H and O–H groups in total. The zero-order valence-electron chi connectivity index (χ0n) is 25.7. The Morgan fingerprint density at radius 2 is 1.40 bits per heavy atom. The van der Waals surface area contributed by atoms with E-state index in [0.29, 0.717) is 37.5 Å². The number of nitrogens with two attached hydrogens (primary N) is 3. The number of benzene rings is 1. The Bertz CT molecular complexity index is 1570. The Hall–Kier alpha value is -1.96. The van der Waals surface area contributed by atoms with Gasteiger partial charge in [-0.3, -0.25) is 0 Å². The summed E-state index contributed by atoms with van der Waals surface area (Å²) in [5.74, 6) is -1.80. The first-order valence-corrected chi connectivity index (χ1v) is 23.3. The summed E-state index contributed by atoms with van der Waals surface area (Å²) in [4.78, 5) is 59.2. The van der Waals surface area contributed by atoms with Crippen molar-refractivity contribution in [3.05, 3.63) is 46.5 Å². The molecule has 5 atom stereocenters. The summed E-state index contributed by atoms with van der Waals surface area (Å²) in [6.45, 7) is 1.79. The zero-order valence-corrected chi connectivity index (χ0v) is 31.0. The molecule has 1 unspecified atom stereocenters. The Labute approximate surface area is 279 Å². The second kappa shape index (κ2) is 12.6. The van der Waals surface area contributed by atoms with E-state index in [1.807, 2.05) is 18.8 Å². The molecule has 0 aliphatic carbocycles. The van der Waals surface area contributed by atoms with Crippen LogP contribution in [0.15, 0.2) is 18.6 Å². The first kappa shape index (κ1) is 34.4. The third-order valence-corrected chi connectivity index (χ3v) is 17.8. The molecule has 45 heavy (non-hydrogen) atoms. The van der Waals surface area contributed by atoms with Crippen molar-refractivity contribution in [3.63, 3.8) is 0 Å². The number of carbonyl (C=O) groups is 4. The maximum absolute atomic E-state index is 14.3. The van der Waals surface area contributed by atoms with E-state index in [1.54, 1.807) is 17.6 Å². The Morgan fingerprint density at radius 3 is 1.91 bits per heavy atom. The van der Waals surface area contributed by atoms with E-state index < -0.39 is 66.2 Å². The van der Waals surface area contributed by atoms with Crippen LogP contribution in [0, 0.1) is 0 Å². The van der Waals surface area contributed by atoms with Gasteiger partial charge >= 0.3 is 281 Å². The molecule has 5 rings (SSSR count). The van der Waals surface area contributed by atoms with Gasteiger partial charge in [0.2, 0.25) is 0 Å². The van der Waals surface area contributed by atoms with Crippen LogP contribution in [0.1, 0.15) is 65.0 Å². The number of carbonyl (C=O) groups excluding carboxylic acids is 4. The summed E-state index contributed by atoms with van der Waals surface area (Å²) in [5, 5.41) is 0. The molecule has 4 bridgehead atoms. The molecule has 0 fully saturated rings. The van der Waals surface area contributed by atoms with Gasteiger partial charge in [-0.05, 0) is 0 Å². The molecule has 0 radical (unpaired) electrons. The van der Waals surface area contributed by atoms with Gasteiger partial charge in [-0.2, -0.15) is 0 Å². The number of nitrogens with zero attached hydrogens (tertiary/aromatic N) is 2. The van der Waals surface area contributed by atoms with Crippen molar-refractivity contribution >= 4 is 82.4 Å². The molecule has 13 nitrogen and oxygen atoms in total. The molecule has 0 spiro atoms. The number of methoxy groups -OCH3 is 1. The van der Waals surface area contributed by atoms with E-state index in [-0.39, 0.29) is 30.5 Å². The fourth-order valence-electron chi connectivity index (χ4n) is 6.30. The average molecular weight is 787 g/mol. The minimum absolute atomic E-state index is 0.106. The van der Waals surface area contributed by atoms with Crippen LogP contribution in [0.5, 0.6) is 0 Å². The quantitative estimate of drug-likeness (QED) is 0.202. The molecule has 3 aliphatic heterocycles. The fraction of sp³-hybridized carbons (Fsp3) is 0.536. The number of aromatic nitrogens is 2. The summed E-state index contributed by atoms with van der Waals surface area (Å²) in [7, 11) is 1.26. The summed E-state index contributed by atoms with van der Waals surface area (Å²) in [6.07, 6.45) is 8.90. The van der Waals surface area contributed by atoms with Gasteiger partial charge in [-0.25, -0.2) is 0 Å². The molecule has 4 heterocycles. The average Bonchev–Trinajstić information content (AvgIpc) is 3.50. The molecule has 1 aromatic heterocycles. The third kappa shape index (κ3) is 5.18. The number of thioether (sulfide) groups is 3. The van der Waals surface area contributed by atoms with Crippen LogP contribution in [0.4, 0.5) is 0 Å². The second-order valence-corrected chi connectivity index (χ2v) is 20.7. The van der Waals surface area contributed by atoms with Crippen LogP contribution in [-0.4, -0.2) is 96.2 Å². The summed E-state index contributed by atoms with van der Waals surface area (Å²) < 4.78 is 25.0. The normalized spacial score (nSPS) is 28.9. The van der Waals surface area contributed by atoms with Gasteiger partial charge in [0.15, 0.2) is 0 Å². The van der Waals surface area contributed by atoms with Crippen LogP contribution in [0.25, 0.3) is 0 Å². The predicted molar refractivity (Wildman–Crippen MR) is 174 cm³/mol. The Morgan fingerprint density at radius 1 is 0.911 bits per heavy atom. The molecule has 0 amide bonds. The van der Waals surface area contributed by atoms with E-state index in [4.69, 9.17) is 31.2 Å². The van der Waals surface area contributed by atoms with E-state index in [0.717, 1.165) is 0 Å². The third-order valence-electron chi connectivity index (χ3n) is 8.84. The molecule has 244 valence electrons. The summed E-state index contributed by atoms with van der Waals surface area (Å²) in [6, 6.07) is 1.01. The fourth-order valence-corrected chi connectivity index (χ4v) is 16.4. The van der Waals surface area contributed by atoms with Gasteiger partial charge < -0.3 is 0 Å². The van der Waals surface area contributed by atoms with Crippen LogP contribution >= 0.6 is 35.3 Å². The molecular weight excluding hydrogens is 749 g/mol. The zero-order chi connectivity index (χ0) is 32.9. The first-order chi connectivity index (χ1) is 21.3. The summed E-state index contributed by atoms with van der Waals surface area (Å²) >= 11 is -1.21. The number of hydrogen-bond donors (Lipinski definition) is 3. The van der Waals surface area contributed by atoms with Gasteiger partial charge in [-0.1, -0.05) is 0 Å². The standard InChI is InChI=1S/C28H40N5O8S3.Sn/c1-16(33-15-32-14-20(33)22(34)41-2)18-12-17(26(29,23(35)36)6-9-42-3)13-19(27(30,24(37)38)7-10-43-4)21(18)28(31,25(39)40)8-11-44-5;/h12,14-16H,6-11,29-31H2,1-5H3,(H,35,36)(H,37,38)(H,39,40);/q;+3/p-3/t16-,26-,27-,28-;/m1./s1. The minimum atomic E-state index is -5.67. The molecular formula is C28H37N5O8S3Sn. The van der Waals surface area contributed by atoms with Crippen molar-refractivity contribution in [1.82, 2.24) is 9.55 Å². The van der Waals surface area contributed by atoms with Crippen LogP contribution in [0.2, 0.25) is 0 Å². The van der Waals surface area contributed by atoms with Crippen molar-refractivity contribution in [1.29, 1.82) is 0 Å². The van der Waals surface area contributed by atoms with Crippen LogP contribution in [-0.2, 0) is 45.0 Å². The SMILES string of the molecule is COC(=O)c1cncn1[C@H](C)c1cc2[c]3c4c1[C@](N)(CCSC)C(=O)[O][Sn]3([O]C(=O)[C@@]2(N)CCSC)[O]C(=O)[C@@]4(N)CCSC. The van der Waals surface area contributed by atoms with Crippen LogP contribution < -0.4 is 20.8 Å². The first-order valence-electron chi connectivity index (χ1n) is 14.2. The van der Waals surface area contributed by atoms with Crippen LogP contribution in [0.3, 0.4) is 0 Å². The van der Waals surface area contributed by atoms with E-state index in [9.17, 15) is 19.2 Å². The van der Waals surface area contributed by atoms with Crippen molar-refractivity contribution in [3.8, 4) is 0 Å². The van der Waals surface area contributed by atoms with Gasteiger partial charge in [0, 0.05) is 0 Å². The Balaban J connectivity index is 1.98. The van der Waals surface area contributed by atoms with Gasteiger partial charge in [0.1, 0.15) is 0 Å². The van der Waals surface area contributed by atoms with Gasteiger partial charge in [0.05, 0.1) is 0 Å². The maximum atomic E-state index is 14.3. The number of hydrogen-bond acceptors (Lipinski definition) is 15. The molecule has 2 aromatic rings. The van der Waals surface area contributed by atoms with Gasteiger partial charge in [-0.15, -0.1) is 0 Å². The van der Waals surface area contributed by atoms with Crippen molar-refractivity contribution in [2.75, 3.05) is 43.1 Å². The monoisotopic (exact) mass is 787 g/mol.